The summed E-state index contributed by atoms with van der Waals surface area (Å²) < 4.78 is 7.43. The molecule has 1 N–H and O–H groups in total. The van der Waals surface area contributed by atoms with Gasteiger partial charge in [-0.05, 0) is 69.0 Å². The second-order valence-corrected chi connectivity index (χ2v) is 9.98. The van der Waals surface area contributed by atoms with Crippen LogP contribution in [0.5, 0.6) is 5.75 Å². The first-order valence-electron chi connectivity index (χ1n) is 12.2. The first-order valence-corrected chi connectivity index (χ1v) is 12.2. The van der Waals surface area contributed by atoms with E-state index in [1.807, 2.05) is 67.8 Å². The maximum absolute atomic E-state index is 14.1. The third-order valence-corrected chi connectivity index (χ3v) is 7.74. The summed E-state index contributed by atoms with van der Waals surface area (Å²) in [5.74, 6) is 0.478. The largest absolute Gasteiger partial charge is 0.497 e. The van der Waals surface area contributed by atoms with Crippen LogP contribution in [0.25, 0.3) is 10.9 Å². The minimum atomic E-state index is -1.07. The van der Waals surface area contributed by atoms with E-state index >= 15 is 0 Å². The monoisotopic (exact) mass is 459 g/mol. The molecule has 2 aromatic carbocycles. The Kier molecular flexibility index (Phi) is 5.62. The van der Waals surface area contributed by atoms with Crippen molar-refractivity contribution in [1.29, 1.82) is 0 Å². The van der Waals surface area contributed by atoms with Crippen LogP contribution in [0.4, 0.5) is 5.69 Å². The topological polar surface area (TPSA) is 63.6 Å². The first-order chi connectivity index (χ1) is 16.3. The van der Waals surface area contributed by atoms with Crippen LogP contribution in [0.3, 0.4) is 0 Å². The molecule has 1 aromatic heterocycles. The van der Waals surface area contributed by atoms with E-state index in [0.717, 1.165) is 59.2 Å². The molecule has 1 fully saturated rings. The van der Waals surface area contributed by atoms with Gasteiger partial charge in [0, 0.05) is 23.2 Å². The molecule has 3 aromatic rings. The van der Waals surface area contributed by atoms with Crippen LogP contribution in [0.15, 0.2) is 42.5 Å². The van der Waals surface area contributed by atoms with Crippen molar-refractivity contribution in [3.63, 3.8) is 0 Å². The highest BCUT2D eigenvalue weighted by Gasteiger charge is 2.49. The highest BCUT2D eigenvalue weighted by Crippen LogP contribution is 2.38. The van der Waals surface area contributed by atoms with Gasteiger partial charge in [0.2, 0.25) is 5.91 Å². The van der Waals surface area contributed by atoms with Crippen molar-refractivity contribution in [1.82, 2.24) is 9.88 Å². The van der Waals surface area contributed by atoms with Gasteiger partial charge in [0.25, 0.3) is 5.91 Å². The zero-order valence-electron chi connectivity index (χ0n) is 20.5. The van der Waals surface area contributed by atoms with E-state index in [0.29, 0.717) is 12.2 Å². The van der Waals surface area contributed by atoms with Gasteiger partial charge in [-0.1, -0.05) is 31.4 Å². The van der Waals surface area contributed by atoms with Crippen LogP contribution in [-0.4, -0.2) is 35.1 Å². The molecular weight excluding hydrogens is 426 g/mol. The molecule has 6 heteroatoms. The van der Waals surface area contributed by atoms with Crippen molar-refractivity contribution >= 4 is 28.4 Å². The Morgan fingerprint density at radius 3 is 2.59 bits per heavy atom. The maximum Gasteiger partial charge on any atom is 0.275 e. The molecule has 1 saturated carbocycles. The van der Waals surface area contributed by atoms with Crippen LogP contribution >= 0.6 is 0 Å². The van der Waals surface area contributed by atoms with E-state index in [-0.39, 0.29) is 17.9 Å². The quantitative estimate of drug-likeness (QED) is 0.588. The minimum Gasteiger partial charge on any atom is -0.497 e. The summed E-state index contributed by atoms with van der Waals surface area (Å²) in [6.45, 7) is 6.33. The van der Waals surface area contributed by atoms with E-state index in [1.54, 1.807) is 12.0 Å². The Balaban J connectivity index is 1.66. The number of rotatable bonds is 4. The zero-order chi connectivity index (χ0) is 24.0. The van der Waals surface area contributed by atoms with Gasteiger partial charge in [0.05, 0.1) is 19.2 Å². The summed E-state index contributed by atoms with van der Waals surface area (Å²) in [4.78, 5) is 29.8. The normalized spacial score (nSPS) is 20.9. The van der Waals surface area contributed by atoms with Crippen LogP contribution in [0, 0.1) is 13.8 Å². The average Bonchev–Trinajstić information content (AvgIpc) is 3.20. The number of nitrogens with one attached hydrogen (secondary N) is 1. The van der Waals surface area contributed by atoms with Gasteiger partial charge in [-0.3, -0.25) is 14.5 Å². The molecule has 2 aliphatic rings. The Morgan fingerprint density at radius 2 is 1.85 bits per heavy atom. The molecule has 1 aliphatic carbocycles. The molecule has 1 atom stereocenters. The molecular formula is C28H33N3O3. The third-order valence-electron chi connectivity index (χ3n) is 7.74. The number of amides is 2. The maximum atomic E-state index is 14.1. The van der Waals surface area contributed by atoms with Crippen molar-refractivity contribution in [2.75, 3.05) is 12.0 Å². The molecule has 178 valence electrons. The van der Waals surface area contributed by atoms with Gasteiger partial charge in [0.1, 0.15) is 17.0 Å². The van der Waals surface area contributed by atoms with Gasteiger partial charge in [0.15, 0.2) is 0 Å². The first kappa shape index (κ1) is 22.5. The molecule has 34 heavy (non-hydrogen) atoms. The molecule has 2 heterocycles. The SMILES string of the molecule is COc1ccc2cc3n(c2c1)C[C@@](C)(C(=O)NC1CCCCC1)N(c1cccc(C)c1C)C3=O. The van der Waals surface area contributed by atoms with Crippen molar-refractivity contribution < 1.29 is 14.3 Å². The van der Waals surface area contributed by atoms with Gasteiger partial charge in [-0.25, -0.2) is 0 Å². The minimum absolute atomic E-state index is 0.0935. The van der Waals surface area contributed by atoms with Crippen LogP contribution in [0.2, 0.25) is 0 Å². The number of fused-ring (bicyclic) bond motifs is 3. The number of aryl methyl sites for hydroxylation is 1. The Labute approximate surface area is 200 Å². The van der Waals surface area contributed by atoms with Gasteiger partial charge >= 0.3 is 0 Å². The lowest BCUT2D eigenvalue weighted by molar-refractivity contribution is -0.127. The molecule has 1 aliphatic heterocycles. The lowest BCUT2D eigenvalue weighted by Gasteiger charge is -2.45. The third kappa shape index (κ3) is 3.56. The molecule has 0 bridgehead atoms. The number of methoxy groups -OCH3 is 1. The predicted octanol–water partition coefficient (Wildman–Crippen LogP) is 5.13. The molecule has 6 nitrogen and oxygen atoms in total. The van der Waals surface area contributed by atoms with E-state index < -0.39 is 5.54 Å². The fourth-order valence-corrected chi connectivity index (χ4v) is 5.54. The Morgan fingerprint density at radius 1 is 1.09 bits per heavy atom. The number of ether oxygens (including phenoxy) is 1. The van der Waals surface area contributed by atoms with Crippen LogP contribution < -0.4 is 15.0 Å². The fourth-order valence-electron chi connectivity index (χ4n) is 5.54. The molecule has 0 radical (unpaired) electrons. The van der Waals surface area contributed by atoms with Crippen LogP contribution in [0.1, 0.15) is 60.6 Å². The molecule has 0 spiro atoms. The molecule has 2 amide bonds. The highest BCUT2D eigenvalue weighted by atomic mass is 16.5. The summed E-state index contributed by atoms with van der Waals surface area (Å²) in [5.41, 5.74) is 3.32. The second kappa shape index (κ2) is 8.49. The Bertz CT molecular complexity index is 1270. The van der Waals surface area contributed by atoms with Gasteiger partial charge in [-0.15, -0.1) is 0 Å². The summed E-state index contributed by atoms with van der Waals surface area (Å²) in [7, 11) is 1.64. The number of carbonyl (C=O) groups is 2. The van der Waals surface area contributed by atoms with E-state index in [1.165, 1.54) is 6.42 Å². The summed E-state index contributed by atoms with van der Waals surface area (Å²) in [5, 5.41) is 4.27. The summed E-state index contributed by atoms with van der Waals surface area (Å²) in [6.07, 6.45) is 5.47. The standard InChI is InChI=1S/C28H33N3O3/c1-18-9-8-12-23(19(18)2)31-26(32)25-15-20-13-14-22(34-4)16-24(20)30(25)17-28(31,3)27(33)29-21-10-6-5-7-11-21/h8-9,12-16,21H,5-7,10-11,17H2,1-4H3,(H,29,33)/t28-/m0/s1. The fraction of sp³-hybridized carbons (Fsp3) is 0.429. The average molecular weight is 460 g/mol. The highest BCUT2D eigenvalue weighted by molar-refractivity contribution is 6.14. The number of carbonyl (C=O) groups excluding carboxylic acids is 2. The number of nitrogens with zero attached hydrogens (tertiary/aromatic N) is 2. The number of benzene rings is 2. The van der Waals surface area contributed by atoms with Crippen molar-refractivity contribution in [3.8, 4) is 5.75 Å². The lowest BCUT2D eigenvalue weighted by atomic mass is 9.90. The van der Waals surface area contributed by atoms with Crippen molar-refractivity contribution in [3.05, 3.63) is 59.3 Å². The second-order valence-electron chi connectivity index (χ2n) is 9.98. The van der Waals surface area contributed by atoms with E-state index in [2.05, 4.69) is 5.32 Å². The number of anilines is 1. The number of hydrogen-bond acceptors (Lipinski definition) is 3. The number of hydrogen-bond donors (Lipinski definition) is 1. The Hall–Kier alpha value is -3.28. The van der Waals surface area contributed by atoms with E-state index in [9.17, 15) is 9.59 Å². The molecule has 5 rings (SSSR count). The van der Waals surface area contributed by atoms with Crippen molar-refractivity contribution in [2.24, 2.45) is 0 Å². The van der Waals surface area contributed by atoms with Gasteiger partial charge in [-0.2, -0.15) is 0 Å². The van der Waals surface area contributed by atoms with E-state index in [4.69, 9.17) is 4.74 Å². The summed E-state index contributed by atoms with van der Waals surface area (Å²) >= 11 is 0. The molecule has 0 saturated heterocycles. The zero-order valence-corrected chi connectivity index (χ0v) is 20.5. The van der Waals surface area contributed by atoms with Crippen molar-refractivity contribution in [2.45, 2.75) is 71.0 Å². The predicted molar refractivity (Wildman–Crippen MR) is 135 cm³/mol. The smallest absolute Gasteiger partial charge is 0.275 e. The number of aromatic nitrogens is 1. The summed E-state index contributed by atoms with van der Waals surface area (Å²) in [6, 6.07) is 13.8. The molecule has 0 unspecified atom stereocenters. The van der Waals surface area contributed by atoms with Gasteiger partial charge < -0.3 is 14.6 Å². The lowest BCUT2D eigenvalue weighted by Crippen LogP contribution is -2.65. The van der Waals surface area contributed by atoms with Crippen LogP contribution in [-0.2, 0) is 11.3 Å².